The Bertz CT molecular complexity index is 431. The van der Waals surface area contributed by atoms with Crippen molar-refractivity contribution in [2.24, 2.45) is 5.16 Å². The maximum absolute atomic E-state index is 11.3. The fourth-order valence-corrected chi connectivity index (χ4v) is 1.43. The third-order valence-corrected chi connectivity index (χ3v) is 2.21. The molecule has 0 spiro atoms. The quantitative estimate of drug-likeness (QED) is 0.278. The van der Waals surface area contributed by atoms with E-state index in [0.717, 1.165) is 12.0 Å². The van der Waals surface area contributed by atoms with Crippen LogP contribution in [0.4, 0.5) is 10.5 Å². The second-order valence-corrected chi connectivity index (χ2v) is 4.03. The summed E-state index contributed by atoms with van der Waals surface area (Å²) in [5, 5.41) is 6.34. The smallest absolute Gasteiger partial charge is 1.00 e. The van der Waals surface area contributed by atoms with Crippen LogP contribution in [0.5, 0.6) is 0 Å². The van der Waals surface area contributed by atoms with Crippen LogP contribution < -0.4 is 30.1 Å². The first-order valence-electron chi connectivity index (χ1n) is 5.39. The van der Waals surface area contributed by atoms with Gasteiger partial charge in [-0.1, -0.05) is 35.8 Å². The number of aryl methyl sites for hydroxylation is 1. The van der Waals surface area contributed by atoms with Crippen molar-refractivity contribution in [3.05, 3.63) is 29.8 Å². The van der Waals surface area contributed by atoms with Crippen molar-refractivity contribution in [3.63, 3.8) is 0 Å². The normalized spacial score (nSPS) is 9.45. The fourth-order valence-electron chi connectivity index (χ4n) is 1.21. The first kappa shape index (κ1) is 25.3. The summed E-state index contributed by atoms with van der Waals surface area (Å²) in [5.41, 5.74) is 1.71. The molecule has 4 nitrogen and oxygen atoms in total. The number of benzene rings is 1. The van der Waals surface area contributed by atoms with Crippen molar-refractivity contribution < 1.29 is 34.4 Å². The number of anilines is 1. The molecule has 0 saturated carbocycles. The number of carbonyl (C=O) groups is 1. The molecule has 0 saturated heterocycles. The zero-order chi connectivity index (χ0) is 12.7. The standard InChI is InChI=1S/C12H15ClN2O2.Ca.2ClH/c1-3-5-11(13)15-17-12(16)14-10-7-4-6-9(2)8-10;;;/h4,6-8H,3,5H2,1-2H3,(H,14,16);;2*1H/q;+2;;/p-2/b15-11-;;;. The second kappa shape index (κ2) is 14.2. The van der Waals surface area contributed by atoms with Gasteiger partial charge in [-0.05, 0) is 31.0 Å². The summed E-state index contributed by atoms with van der Waals surface area (Å²) >= 11 is 5.70. The molecule has 0 bridgehead atoms. The number of hydrogen-bond donors (Lipinski definition) is 1. The first-order valence-corrected chi connectivity index (χ1v) is 5.76. The average molecular weight is 366 g/mol. The third kappa shape index (κ3) is 11.0. The predicted octanol–water partition coefficient (Wildman–Crippen LogP) is -2.48. The summed E-state index contributed by atoms with van der Waals surface area (Å²) < 4.78 is 0. The van der Waals surface area contributed by atoms with Gasteiger partial charge >= 0.3 is 43.8 Å². The molecule has 0 atom stereocenters. The summed E-state index contributed by atoms with van der Waals surface area (Å²) in [4.78, 5) is 15.9. The zero-order valence-corrected chi connectivity index (χ0v) is 15.8. The maximum atomic E-state index is 11.3. The molecule has 0 aromatic heterocycles. The average Bonchev–Trinajstić information content (AvgIpc) is 2.27. The molecule has 108 valence electrons. The molecule has 0 heterocycles. The molecule has 0 aliphatic heterocycles. The van der Waals surface area contributed by atoms with E-state index in [1.165, 1.54) is 0 Å². The van der Waals surface area contributed by atoms with E-state index in [1.807, 2.05) is 32.0 Å². The van der Waals surface area contributed by atoms with Gasteiger partial charge in [0.05, 0.1) is 0 Å². The topological polar surface area (TPSA) is 50.7 Å². The minimum absolute atomic E-state index is 0. The number of amides is 1. The van der Waals surface area contributed by atoms with Crippen LogP contribution in [0, 0.1) is 6.92 Å². The van der Waals surface area contributed by atoms with Crippen molar-refractivity contribution >= 4 is 66.3 Å². The molecular weight excluding hydrogens is 351 g/mol. The van der Waals surface area contributed by atoms with E-state index in [-0.39, 0.29) is 67.7 Å². The Kier molecular flexibility index (Phi) is 18.0. The van der Waals surface area contributed by atoms with Gasteiger partial charge in [-0.2, -0.15) is 0 Å². The number of halogens is 3. The van der Waals surface area contributed by atoms with Crippen LogP contribution in [0.25, 0.3) is 0 Å². The molecule has 1 rings (SSSR count). The van der Waals surface area contributed by atoms with Crippen LogP contribution in [0.15, 0.2) is 29.4 Å². The maximum Gasteiger partial charge on any atom is 2.00 e. The van der Waals surface area contributed by atoms with Crippen LogP contribution in [0.1, 0.15) is 25.3 Å². The number of nitrogens with one attached hydrogen (secondary N) is 1. The van der Waals surface area contributed by atoms with Crippen LogP contribution in [0.2, 0.25) is 0 Å². The summed E-state index contributed by atoms with van der Waals surface area (Å²) in [6.07, 6.45) is 0.801. The minimum Gasteiger partial charge on any atom is -1.00 e. The Morgan fingerprint density at radius 3 is 2.60 bits per heavy atom. The first-order chi connectivity index (χ1) is 8.11. The van der Waals surface area contributed by atoms with Crippen molar-refractivity contribution in [2.75, 3.05) is 5.32 Å². The Labute approximate surface area is 166 Å². The van der Waals surface area contributed by atoms with Crippen molar-refractivity contribution in [1.29, 1.82) is 0 Å². The van der Waals surface area contributed by atoms with E-state index in [0.29, 0.717) is 12.1 Å². The molecule has 1 amide bonds. The predicted molar refractivity (Wildman–Crippen MR) is 75.2 cm³/mol. The Morgan fingerprint density at radius 2 is 2.05 bits per heavy atom. The summed E-state index contributed by atoms with van der Waals surface area (Å²) in [5.74, 6) is 0. The summed E-state index contributed by atoms with van der Waals surface area (Å²) in [6, 6.07) is 7.38. The molecule has 1 aromatic rings. The Balaban J connectivity index is -0.000000963. The molecule has 20 heavy (non-hydrogen) atoms. The van der Waals surface area contributed by atoms with E-state index in [4.69, 9.17) is 11.6 Å². The molecule has 8 heteroatoms. The van der Waals surface area contributed by atoms with Gasteiger partial charge in [-0.15, -0.1) is 0 Å². The molecule has 0 unspecified atom stereocenters. The number of oxime groups is 1. The van der Waals surface area contributed by atoms with Crippen LogP contribution >= 0.6 is 11.6 Å². The largest absolute Gasteiger partial charge is 2.00 e. The molecule has 0 fully saturated rings. The van der Waals surface area contributed by atoms with Gasteiger partial charge in [0.15, 0.2) is 0 Å². The Hall–Kier alpha value is 0.290. The van der Waals surface area contributed by atoms with Gasteiger partial charge in [0.1, 0.15) is 5.17 Å². The van der Waals surface area contributed by atoms with Crippen molar-refractivity contribution in [2.45, 2.75) is 26.7 Å². The number of carbonyl (C=O) groups excluding carboxylic acids is 1. The second-order valence-electron chi connectivity index (χ2n) is 3.59. The van der Waals surface area contributed by atoms with Crippen molar-refractivity contribution in [3.8, 4) is 0 Å². The summed E-state index contributed by atoms with van der Waals surface area (Å²) in [6.45, 7) is 3.90. The van der Waals surface area contributed by atoms with Crippen LogP contribution in [0.3, 0.4) is 0 Å². The van der Waals surface area contributed by atoms with Crippen LogP contribution in [-0.2, 0) is 4.84 Å². The number of nitrogens with zero attached hydrogens (tertiary/aromatic N) is 1. The zero-order valence-electron chi connectivity index (χ0n) is 11.3. The molecule has 0 aliphatic rings. The molecule has 0 aliphatic carbocycles. The van der Waals surface area contributed by atoms with E-state index in [2.05, 4.69) is 15.3 Å². The molecule has 1 N–H and O–H groups in total. The van der Waals surface area contributed by atoms with E-state index in [1.54, 1.807) is 6.07 Å². The van der Waals surface area contributed by atoms with Gasteiger partial charge in [0.25, 0.3) is 0 Å². The number of rotatable bonds is 4. The van der Waals surface area contributed by atoms with Gasteiger partial charge < -0.3 is 24.8 Å². The molecule has 0 radical (unpaired) electrons. The van der Waals surface area contributed by atoms with Crippen molar-refractivity contribution in [1.82, 2.24) is 0 Å². The van der Waals surface area contributed by atoms with E-state index < -0.39 is 6.09 Å². The van der Waals surface area contributed by atoms with Gasteiger partial charge in [-0.3, -0.25) is 10.2 Å². The van der Waals surface area contributed by atoms with Crippen LogP contribution in [-0.4, -0.2) is 49.0 Å². The van der Waals surface area contributed by atoms with Gasteiger partial charge in [-0.25, -0.2) is 4.79 Å². The Morgan fingerprint density at radius 1 is 1.40 bits per heavy atom. The minimum atomic E-state index is -0.648. The third-order valence-electron chi connectivity index (χ3n) is 1.95. The number of hydrogen-bond acceptors (Lipinski definition) is 3. The molecular formula is C12H15CaCl3N2O2. The van der Waals surface area contributed by atoms with Gasteiger partial charge in [0, 0.05) is 12.1 Å². The monoisotopic (exact) mass is 364 g/mol. The van der Waals surface area contributed by atoms with E-state index in [9.17, 15) is 4.79 Å². The van der Waals surface area contributed by atoms with E-state index >= 15 is 0 Å². The van der Waals surface area contributed by atoms with Gasteiger partial charge in [0.2, 0.25) is 0 Å². The fraction of sp³-hybridized carbons (Fsp3) is 0.333. The molecule has 1 aromatic carbocycles. The SMILES string of the molecule is CCC/C(Cl)=N/OC(=O)Nc1cccc(C)c1.[Ca+2].[Cl-].[Cl-]. The summed E-state index contributed by atoms with van der Waals surface area (Å²) in [7, 11) is 0.